The van der Waals surface area contributed by atoms with Crippen molar-refractivity contribution >= 4 is 27.3 Å². The molecule has 0 atom stereocenters. The standard InChI is InChI=1S/C18H17ClN2O2S/c1-13-12-18(14(2)11-15(13)19)24(22,23)20-16-7-3-4-8-17(16)21-9-5-6-10-21/h3-12,20H,1-2H3. The van der Waals surface area contributed by atoms with Gasteiger partial charge in [0.05, 0.1) is 16.3 Å². The Hall–Kier alpha value is -2.24. The second kappa shape index (κ2) is 6.34. The molecule has 1 aromatic heterocycles. The number of halogens is 1. The smallest absolute Gasteiger partial charge is 0.262 e. The lowest BCUT2D eigenvalue weighted by Crippen LogP contribution is -2.16. The largest absolute Gasteiger partial charge is 0.322 e. The highest BCUT2D eigenvalue weighted by molar-refractivity contribution is 7.92. The molecule has 0 bridgehead atoms. The van der Waals surface area contributed by atoms with Crippen LogP contribution in [0.1, 0.15) is 11.1 Å². The number of aromatic nitrogens is 1. The van der Waals surface area contributed by atoms with Gasteiger partial charge in [0.15, 0.2) is 0 Å². The Balaban J connectivity index is 2.04. The third kappa shape index (κ3) is 3.18. The van der Waals surface area contributed by atoms with E-state index in [0.717, 1.165) is 11.3 Å². The quantitative estimate of drug-likeness (QED) is 0.742. The summed E-state index contributed by atoms with van der Waals surface area (Å²) in [5.74, 6) is 0. The molecule has 2 aromatic carbocycles. The van der Waals surface area contributed by atoms with E-state index in [4.69, 9.17) is 11.6 Å². The zero-order valence-corrected chi connectivity index (χ0v) is 14.9. The summed E-state index contributed by atoms with van der Waals surface area (Å²) in [5, 5.41) is 0.555. The molecular weight excluding hydrogens is 344 g/mol. The number of benzene rings is 2. The van der Waals surface area contributed by atoms with Gasteiger partial charge in [0, 0.05) is 17.4 Å². The van der Waals surface area contributed by atoms with E-state index < -0.39 is 10.0 Å². The molecule has 0 amide bonds. The Morgan fingerprint density at radius 3 is 2.33 bits per heavy atom. The minimum atomic E-state index is -3.72. The highest BCUT2D eigenvalue weighted by atomic mass is 35.5. The van der Waals surface area contributed by atoms with Crippen molar-refractivity contribution in [3.8, 4) is 5.69 Å². The van der Waals surface area contributed by atoms with Crippen LogP contribution >= 0.6 is 11.6 Å². The second-order valence-corrected chi connectivity index (χ2v) is 7.64. The first kappa shape index (κ1) is 16.6. The first-order chi connectivity index (χ1) is 11.4. The summed E-state index contributed by atoms with van der Waals surface area (Å²) in [5.41, 5.74) is 2.60. The zero-order valence-electron chi connectivity index (χ0n) is 13.3. The van der Waals surface area contributed by atoms with Crippen molar-refractivity contribution in [2.45, 2.75) is 18.7 Å². The van der Waals surface area contributed by atoms with Gasteiger partial charge in [0.25, 0.3) is 10.0 Å². The van der Waals surface area contributed by atoms with Crippen molar-refractivity contribution in [2.75, 3.05) is 4.72 Å². The fourth-order valence-corrected chi connectivity index (χ4v) is 4.13. The molecule has 0 saturated heterocycles. The Labute approximate surface area is 146 Å². The molecule has 6 heteroatoms. The van der Waals surface area contributed by atoms with Gasteiger partial charge in [-0.2, -0.15) is 0 Å². The summed E-state index contributed by atoms with van der Waals surface area (Å²) in [7, 11) is -3.72. The topological polar surface area (TPSA) is 51.1 Å². The van der Waals surface area contributed by atoms with Crippen molar-refractivity contribution in [1.29, 1.82) is 0 Å². The van der Waals surface area contributed by atoms with E-state index in [9.17, 15) is 8.42 Å². The van der Waals surface area contributed by atoms with Crippen molar-refractivity contribution in [2.24, 2.45) is 0 Å². The van der Waals surface area contributed by atoms with Crippen LogP contribution < -0.4 is 4.72 Å². The highest BCUT2D eigenvalue weighted by Crippen LogP contribution is 2.27. The lowest BCUT2D eigenvalue weighted by Gasteiger charge is -2.15. The SMILES string of the molecule is Cc1cc(S(=O)(=O)Nc2ccccc2-n2cccc2)c(C)cc1Cl. The zero-order chi connectivity index (χ0) is 17.3. The highest BCUT2D eigenvalue weighted by Gasteiger charge is 2.19. The molecule has 0 spiro atoms. The maximum Gasteiger partial charge on any atom is 0.262 e. The number of para-hydroxylation sites is 2. The van der Waals surface area contributed by atoms with Gasteiger partial charge in [-0.25, -0.2) is 8.42 Å². The van der Waals surface area contributed by atoms with E-state index in [2.05, 4.69) is 4.72 Å². The van der Waals surface area contributed by atoms with Crippen LogP contribution in [0.25, 0.3) is 5.69 Å². The second-order valence-electron chi connectivity index (χ2n) is 5.58. The Morgan fingerprint density at radius 1 is 0.958 bits per heavy atom. The molecule has 124 valence electrons. The number of hydrogen-bond acceptors (Lipinski definition) is 2. The van der Waals surface area contributed by atoms with Gasteiger partial charge in [-0.15, -0.1) is 0 Å². The molecule has 0 radical (unpaired) electrons. The summed E-state index contributed by atoms with van der Waals surface area (Å²) in [6, 6.07) is 14.3. The van der Waals surface area contributed by atoms with Gasteiger partial charge in [-0.3, -0.25) is 4.72 Å². The van der Waals surface area contributed by atoms with Crippen LogP contribution in [0.5, 0.6) is 0 Å². The number of nitrogens with one attached hydrogen (secondary N) is 1. The van der Waals surface area contributed by atoms with Crippen molar-refractivity contribution in [1.82, 2.24) is 4.57 Å². The minimum Gasteiger partial charge on any atom is -0.322 e. The minimum absolute atomic E-state index is 0.228. The molecular formula is C18H17ClN2O2S. The average Bonchev–Trinajstić information content (AvgIpc) is 3.05. The van der Waals surface area contributed by atoms with Gasteiger partial charge in [0.1, 0.15) is 0 Å². The van der Waals surface area contributed by atoms with Crippen molar-refractivity contribution in [3.63, 3.8) is 0 Å². The predicted octanol–water partition coefficient (Wildman–Crippen LogP) is 4.55. The van der Waals surface area contributed by atoms with Gasteiger partial charge < -0.3 is 4.57 Å². The molecule has 1 N–H and O–H groups in total. The first-order valence-corrected chi connectivity index (χ1v) is 9.26. The maximum atomic E-state index is 12.8. The number of sulfonamides is 1. The van der Waals surface area contributed by atoms with E-state index in [1.54, 1.807) is 38.1 Å². The van der Waals surface area contributed by atoms with Gasteiger partial charge in [-0.1, -0.05) is 23.7 Å². The number of nitrogens with zero attached hydrogens (tertiary/aromatic N) is 1. The van der Waals surface area contributed by atoms with Gasteiger partial charge in [-0.05, 0) is 61.4 Å². The fourth-order valence-electron chi connectivity index (χ4n) is 2.52. The fraction of sp³-hybridized carbons (Fsp3) is 0.111. The summed E-state index contributed by atoms with van der Waals surface area (Å²) in [6.45, 7) is 3.52. The van der Waals surface area contributed by atoms with E-state index in [-0.39, 0.29) is 4.90 Å². The Morgan fingerprint density at radius 2 is 1.62 bits per heavy atom. The Kier molecular flexibility index (Phi) is 4.39. The van der Waals surface area contributed by atoms with Crippen molar-refractivity contribution in [3.05, 3.63) is 77.1 Å². The van der Waals surface area contributed by atoms with E-state index in [0.29, 0.717) is 16.3 Å². The van der Waals surface area contributed by atoms with Crippen LogP contribution in [-0.2, 0) is 10.0 Å². The molecule has 3 rings (SSSR count). The van der Waals surface area contributed by atoms with E-state index in [1.165, 1.54) is 0 Å². The maximum absolute atomic E-state index is 12.8. The lowest BCUT2D eigenvalue weighted by atomic mass is 10.2. The third-order valence-electron chi connectivity index (χ3n) is 3.78. The van der Waals surface area contributed by atoms with Crippen LogP contribution in [0, 0.1) is 13.8 Å². The first-order valence-electron chi connectivity index (χ1n) is 7.40. The van der Waals surface area contributed by atoms with Crippen LogP contribution in [0.15, 0.2) is 65.8 Å². The van der Waals surface area contributed by atoms with Crippen LogP contribution in [0.4, 0.5) is 5.69 Å². The molecule has 0 fully saturated rings. The third-order valence-corrected chi connectivity index (χ3v) is 5.69. The number of hydrogen-bond donors (Lipinski definition) is 1. The van der Waals surface area contributed by atoms with E-state index in [1.807, 2.05) is 41.2 Å². The van der Waals surface area contributed by atoms with Gasteiger partial charge >= 0.3 is 0 Å². The molecule has 0 aliphatic heterocycles. The molecule has 0 aliphatic carbocycles. The van der Waals surface area contributed by atoms with Gasteiger partial charge in [0.2, 0.25) is 0 Å². The monoisotopic (exact) mass is 360 g/mol. The molecule has 0 unspecified atom stereocenters. The molecule has 4 nitrogen and oxygen atoms in total. The molecule has 0 saturated carbocycles. The summed E-state index contributed by atoms with van der Waals surface area (Å²) in [4.78, 5) is 0.228. The Bertz CT molecular complexity index is 980. The molecule has 24 heavy (non-hydrogen) atoms. The summed E-state index contributed by atoms with van der Waals surface area (Å²) in [6.07, 6.45) is 3.73. The molecule has 3 aromatic rings. The van der Waals surface area contributed by atoms with Crippen LogP contribution in [-0.4, -0.2) is 13.0 Å². The van der Waals surface area contributed by atoms with Crippen molar-refractivity contribution < 1.29 is 8.42 Å². The van der Waals surface area contributed by atoms with Crippen LogP contribution in [0.2, 0.25) is 5.02 Å². The number of anilines is 1. The summed E-state index contributed by atoms with van der Waals surface area (Å²) >= 11 is 6.07. The van der Waals surface area contributed by atoms with Crippen LogP contribution in [0.3, 0.4) is 0 Å². The number of rotatable bonds is 4. The lowest BCUT2D eigenvalue weighted by molar-refractivity contribution is 0.600. The van der Waals surface area contributed by atoms with E-state index >= 15 is 0 Å². The normalized spacial score (nSPS) is 11.5. The number of aryl methyl sites for hydroxylation is 2. The predicted molar refractivity (Wildman–Crippen MR) is 97.5 cm³/mol. The average molecular weight is 361 g/mol. The summed E-state index contributed by atoms with van der Waals surface area (Å²) < 4.78 is 30.2. The molecule has 0 aliphatic rings. The molecule has 1 heterocycles.